The molecular formula is C21H20N4O2. The fourth-order valence-corrected chi connectivity index (χ4v) is 3.67. The molecule has 136 valence electrons. The number of nitrogens with zero attached hydrogens (tertiary/aromatic N) is 2. The number of nitrogens with one attached hydrogen (secondary N) is 2. The van der Waals surface area contributed by atoms with Crippen LogP contribution in [0.4, 0.5) is 0 Å². The van der Waals surface area contributed by atoms with Gasteiger partial charge >= 0.3 is 0 Å². The lowest BCUT2D eigenvalue weighted by Crippen LogP contribution is -2.26. The Labute approximate surface area is 156 Å². The summed E-state index contributed by atoms with van der Waals surface area (Å²) in [5, 5.41) is 3.04. The van der Waals surface area contributed by atoms with E-state index in [4.69, 9.17) is 4.42 Å². The number of fused-ring (bicyclic) bond motifs is 2. The highest BCUT2D eigenvalue weighted by atomic mass is 16.3. The van der Waals surface area contributed by atoms with Gasteiger partial charge in [0.1, 0.15) is 17.1 Å². The molecule has 0 bridgehead atoms. The highest BCUT2D eigenvalue weighted by Gasteiger charge is 2.41. The highest BCUT2D eigenvalue weighted by molar-refractivity contribution is 5.78. The number of aromatic nitrogens is 3. The molecule has 6 nitrogen and oxygen atoms in total. The molecule has 1 saturated carbocycles. The second-order valence-electron chi connectivity index (χ2n) is 7.27. The first-order chi connectivity index (χ1) is 13.2. The molecule has 1 fully saturated rings. The summed E-state index contributed by atoms with van der Waals surface area (Å²) in [6.45, 7) is 1.93. The zero-order chi connectivity index (χ0) is 18.4. The van der Waals surface area contributed by atoms with E-state index in [1.54, 1.807) is 6.20 Å². The van der Waals surface area contributed by atoms with E-state index in [0.29, 0.717) is 18.3 Å². The van der Waals surface area contributed by atoms with E-state index in [-0.39, 0.29) is 11.9 Å². The Bertz CT molecular complexity index is 1060. The Morgan fingerprint density at radius 1 is 1.30 bits per heavy atom. The van der Waals surface area contributed by atoms with E-state index >= 15 is 0 Å². The summed E-state index contributed by atoms with van der Waals surface area (Å²) in [6, 6.07) is 13.4. The van der Waals surface area contributed by atoms with E-state index in [2.05, 4.69) is 20.3 Å². The van der Waals surface area contributed by atoms with Crippen molar-refractivity contribution < 1.29 is 9.21 Å². The van der Waals surface area contributed by atoms with Crippen LogP contribution in [-0.2, 0) is 4.79 Å². The Morgan fingerprint density at radius 3 is 3.04 bits per heavy atom. The number of aromatic amines is 1. The zero-order valence-corrected chi connectivity index (χ0v) is 15.0. The van der Waals surface area contributed by atoms with Gasteiger partial charge in [-0.2, -0.15) is 0 Å². The fourth-order valence-electron chi connectivity index (χ4n) is 3.67. The fraction of sp³-hybridized carbons (Fsp3) is 0.286. The van der Waals surface area contributed by atoms with Crippen molar-refractivity contribution in [3.63, 3.8) is 0 Å². The molecule has 1 amide bonds. The molecule has 1 aromatic carbocycles. The molecule has 5 rings (SSSR count). The minimum Gasteiger partial charge on any atom is -0.457 e. The maximum Gasteiger partial charge on any atom is 0.220 e. The van der Waals surface area contributed by atoms with Crippen LogP contribution in [0.2, 0.25) is 0 Å². The average molecular weight is 360 g/mol. The van der Waals surface area contributed by atoms with Gasteiger partial charge in [-0.1, -0.05) is 12.1 Å². The van der Waals surface area contributed by atoms with Gasteiger partial charge in [0.05, 0.1) is 17.1 Å². The molecule has 3 aromatic heterocycles. The number of para-hydroxylation sites is 2. The van der Waals surface area contributed by atoms with Gasteiger partial charge in [-0.25, -0.2) is 4.98 Å². The van der Waals surface area contributed by atoms with Crippen LogP contribution < -0.4 is 5.32 Å². The summed E-state index contributed by atoms with van der Waals surface area (Å²) in [5.41, 5.74) is 3.57. The van der Waals surface area contributed by atoms with Crippen molar-refractivity contribution in [3.05, 3.63) is 60.2 Å². The Kier molecular flexibility index (Phi) is 3.70. The van der Waals surface area contributed by atoms with Gasteiger partial charge in [-0.15, -0.1) is 0 Å². The second-order valence-corrected chi connectivity index (χ2v) is 7.27. The van der Waals surface area contributed by atoms with Gasteiger partial charge in [-0.05, 0) is 43.5 Å². The molecule has 3 heterocycles. The molecule has 0 spiro atoms. The standard InChI is InChI=1S/C21H20N4O2/c1-12(19-11-17-18(27-19)7-4-8-22-17)23-20(26)10-13-9-14(13)21-24-15-5-2-3-6-16(15)25-21/h2-8,11-14H,9-10H2,1H3,(H,23,26)(H,24,25)/t12-,13+,14+/m1/s1. The summed E-state index contributed by atoms with van der Waals surface area (Å²) >= 11 is 0. The third-order valence-corrected chi connectivity index (χ3v) is 5.24. The number of benzene rings is 1. The Balaban J connectivity index is 1.21. The second kappa shape index (κ2) is 6.23. The van der Waals surface area contributed by atoms with E-state index in [9.17, 15) is 4.79 Å². The minimum atomic E-state index is -0.185. The van der Waals surface area contributed by atoms with Crippen molar-refractivity contribution in [2.45, 2.75) is 31.7 Å². The molecule has 1 aliphatic rings. The topological polar surface area (TPSA) is 83.8 Å². The molecule has 0 aliphatic heterocycles. The molecule has 3 atom stereocenters. The van der Waals surface area contributed by atoms with Crippen molar-refractivity contribution in [1.82, 2.24) is 20.3 Å². The summed E-state index contributed by atoms with van der Waals surface area (Å²) in [6.07, 6.45) is 3.23. The molecule has 1 aliphatic carbocycles. The first kappa shape index (κ1) is 16.1. The van der Waals surface area contributed by atoms with Crippen LogP contribution in [0.5, 0.6) is 0 Å². The molecule has 4 aromatic rings. The van der Waals surface area contributed by atoms with Gasteiger partial charge in [0.15, 0.2) is 5.58 Å². The summed E-state index contributed by atoms with van der Waals surface area (Å²) < 4.78 is 5.78. The molecule has 0 unspecified atom stereocenters. The summed E-state index contributed by atoms with van der Waals surface area (Å²) in [7, 11) is 0. The highest BCUT2D eigenvalue weighted by Crippen LogP contribution is 2.48. The lowest BCUT2D eigenvalue weighted by Gasteiger charge is -2.11. The number of pyridine rings is 1. The van der Waals surface area contributed by atoms with Gasteiger partial charge in [0.2, 0.25) is 5.91 Å². The Hall–Kier alpha value is -3.15. The number of hydrogen-bond donors (Lipinski definition) is 2. The molecule has 2 N–H and O–H groups in total. The van der Waals surface area contributed by atoms with E-state index in [1.807, 2.05) is 49.4 Å². The van der Waals surface area contributed by atoms with E-state index in [0.717, 1.165) is 40.1 Å². The third-order valence-electron chi connectivity index (χ3n) is 5.24. The van der Waals surface area contributed by atoms with Crippen LogP contribution in [0.1, 0.15) is 43.3 Å². The molecule has 0 radical (unpaired) electrons. The van der Waals surface area contributed by atoms with Crippen LogP contribution in [-0.4, -0.2) is 20.9 Å². The maximum absolute atomic E-state index is 12.4. The van der Waals surface area contributed by atoms with Gasteiger partial charge < -0.3 is 14.7 Å². The SMILES string of the molecule is C[C@@H](NC(=O)C[C@@H]1C[C@@H]1c1nc2ccccc2[nH]1)c1cc2ncccc2o1. The number of carbonyl (C=O) groups is 1. The summed E-state index contributed by atoms with van der Waals surface area (Å²) in [5.74, 6) is 2.44. The Morgan fingerprint density at radius 2 is 2.19 bits per heavy atom. The van der Waals surface area contributed by atoms with Crippen molar-refractivity contribution in [3.8, 4) is 0 Å². The van der Waals surface area contributed by atoms with E-state index in [1.165, 1.54) is 0 Å². The number of H-pyrrole nitrogens is 1. The van der Waals surface area contributed by atoms with Crippen LogP contribution in [0.3, 0.4) is 0 Å². The first-order valence-corrected chi connectivity index (χ1v) is 9.26. The number of rotatable bonds is 5. The van der Waals surface area contributed by atoms with Crippen LogP contribution >= 0.6 is 0 Å². The normalized spacial score (nSPS) is 20.0. The van der Waals surface area contributed by atoms with Gasteiger partial charge in [-0.3, -0.25) is 9.78 Å². The minimum absolute atomic E-state index is 0.0412. The molecule has 6 heteroatoms. The number of amides is 1. The van der Waals surface area contributed by atoms with Crippen molar-refractivity contribution >= 4 is 28.0 Å². The average Bonchev–Trinajstić information content (AvgIpc) is 3.11. The van der Waals surface area contributed by atoms with E-state index < -0.39 is 0 Å². The van der Waals surface area contributed by atoms with Crippen LogP contribution in [0.25, 0.3) is 22.1 Å². The monoisotopic (exact) mass is 360 g/mol. The van der Waals surface area contributed by atoms with Gasteiger partial charge in [0, 0.05) is 24.6 Å². The maximum atomic E-state index is 12.4. The number of carbonyl (C=O) groups excluding carboxylic acids is 1. The number of imidazole rings is 1. The quantitative estimate of drug-likeness (QED) is 0.562. The molecular weight excluding hydrogens is 340 g/mol. The van der Waals surface area contributed by atoms with Crippen LogP contribution in [0.15, 0.2) is 53.1 Å². The lowest BCUT2D eigenvalue weighted by atomic mass is 10.2. The lowest BCUT2D eigenvalue weighted by molar-refractivity contribution is -0.122. The number of furan rings is 1. The predicted octanol–water partition coefficient (Wildman–Crippen LogP) is 4.08. The van der Waals surface area contributed by atoms with Crippen molar-refractivity contribution in [2.24, 2.45) is 5.92 Å². The largest absolute Gasteiger partial charge is 0.457 e. The zero-order valence-electron chi connectivity index (χ0n) is 15.0. The summed E-state index contributed by atoms with van der Waals surface area (Å²) in [4.78, 5) is 24.7. The number of hydrogen-bond acceptors (Lipinski definition) is 4. The van der Waals surface area contributed by atoms with Gasteiger partial charge in [0.25, 0.3) is 0 Å². The molecule has 27 heavy (non-hydrogen) atoms. The molecule has 0 saturated heterocycles. The smallest absolute Gasteiger partial charge is 0.220 e. The van der Waals surface area contributed by atoms with Crippen molar-refractivity contribution in [1.29, 1.82) is 0 Å². The third kappa shape index (κ3) is 3.07. The van der Waals surface area contributed by atoms with Crippen molar-refractivity contribution in [2.75, 3.05) is 0 Å². The predicted molar refractivity (Wildman–Crippen MR) is 102 cm³/mol. The first-order valence-electron chi connectivity index (χ1n) is 9.26. The van der Waals surface area contributed by atoms with Crippen LogP contribution in [0, 0.1) is 5.92 Å².